The molecule has 2 unspecified atom stereocenters. The summed E-state index contributed by atoms with van der Waals surface area (Å²) in [4.78, 5) is 0. The first-order chi connectivity index (χ1) is 12.6. The molecule has 2 aromatic carbocycles. The molecule has 4 nitrogen and oxygen atoms in total. The summed E-state index contributed by atoms with van der Waals surface area (Å²) >= 11 is 6.43. The zero-order chi connectivity index (χ0) is 18.5. The molecule has 0 aromatic heterocycles. The topological polar surface area (TPSA) is 64.7 Å². The van der Waals surface area contributed by atoms with Gasteiger partial charge in [-0.05, 0) is 42.0 Å². The summed E-state index contributed by atoms with van der Waals surface area (Å²) < 4.78 is 11.3. The van der Waals surface area contributed by atoms with Gasteiger partial charge in [-0.15, -0.1) is 0 Å². The number of methoxy groups -OCH3 is 1. The number of nitrogens with two attached hydrogens (primary N) is 1. The second-order valence-corrected chi connectivity index (χ2v) is 7.28. The molecule has 0 heterocycles. The van der Waals surface area contributed by atoms with Gasteiger partial charge in [0.25, 0.3) is 0 Å². The molecule has 0 radical (unpaired) electrons. The summed E-state index contributed by atoms with van der Waals surface area (Å²) in [5, 5.41) is 11.1. The maximum atomic E-state index is 10.7. The van der Waals surface area contributed by atoms with Crippen LogP contribution in [-0.2, 0) is 6.61 Å². The molecule has 26 heavy (non-hydrogen) atoms. The number of hydrogen-bond donors (Lipinski definition) is 2. The number of benzene rings is 2. The zero-order valence-electron chi connectivity index (χ0n) is 15.0. The van der Waals surface area contributed by atoms with Crippen molar-refractivity contribution in [1.82, 2.24) is 0 Å². The molecule has 0 amide bonds. The van der Waals surface area contributed by atoms with Crippen LogP contribution in [0.3, 0.4) is 0 Å². The number of rotatable bonds is 7. The van der Waals surface area contributed by atoms with E-state index in [0.717, 1.165) is 18.4 Å². The van der Waals surface area contributed by atoms with E-state index in [1.165, 1.54) is 12.8 Å². The Hall–Kier alpha value is -1.75. The van der Waals surface area contributed by atoms with Gasteiger partial charge in [0, 0.05) is 6.04 Å². The van der Waals surface area contributed by atoms with Crippen LogP contribution in [0, 0.1) is 5.92 Å². The molecule has 0 spiro atoms. The highest BCUT2D eigenvalue weighted by Gasteiger charge is 2.29. The van der Waals surface area contributed by atoms with E-state index in [1.807, 2.05) is 30.3 Å². The predicted octanol–water partition coefficient (Wildman–Crippen LogP) is 4.48. The van der Waals surface area contributed by atoms with Crippen LogP contribution in [0.15, 0.2) is 42.5 Å². The largest absolute Gasteiger partial charge is 0.493 e. The first-order valence-electron chi connectivity index (χ1n) is 9.08. The van der Waals surface area contributed by atoms with Gasteiger partial charge in [0.2, 0.25) is 0 Å². The Morgan fingerprint density at radius 2 is 1.88 bits per heavy atom. The third kappa shape index (κ3) is 4.32. The number of ether oxygens (including phenoxy) is 2. The Morgan fingerprint density at radius 3 is 2.54 bits per heavy atom. The van der Waals surface area contributed by atoms with E-state index in [9.17, 15) is 5.11 Å². The van der Waals surface area contributed by atoms with Gasteiger partial charge < -0.3 is 20.3 Å². The van der Waals surface area contributed by atoms with Gasteiger partial charge in [0.15, 0.2) is 11.5 Å². The molecule has 0 aliphatic heterocycles. The molecule has 3 rings (SSSR count). The maximum Gasteiger partial charge on any atom is 0.180 e. The highest BCUT2D eigenvalue weighted by Crippen LogP contribution is 2.40. The fourth-order valence-electron chi connectivity index (χ4n) is 3.60. The van der Waals surface area contributed by atoms with Crippen molar-refractivity contribution in [2.75, 3.05) is 7.11 Å². The monoisotopic (exact) mass is 375 g/mol. The van der Waals surface area contributed by atoms with Gasteiger partial charge in [-0.1, -0.05) is 54.8 Å². The zero-order valence-corrected chi connectivity index (χ0v) is 15.8. The van der Waals surface area contributed by atoms with Crippen molar-refractivity contribution in [3.8, 4) is 11.5 Å². The molecule has 0 bridgehead atoms. The Kier molecular flexibility index (Phi) is 6.41. The fraction of sp³-hybridized carbons (Fsp3) is 0.429. The number of aliphatic hydroxyl groups excluding tert-OH is 1. The molecule has 1 aliphatic carbocycles. The number of aliphatic hydroxyl groups is 1. The third-order valence-electron chi connectivity index (χ3n) is 5.13. The highest BCUT2D eigenvalue weighted by atomic mass is 35.5. The fourth-order valence-corrected chi connectivity index (χ4v) is 3.88. The van der Waals surface area contributed by atoms with E-state index < -0.39 is 6.10 Å². The third-order valence-corrected chi connectivity index (χ3v) is 5.41. The first kappa shape index (κ1) is 19.0. The minimum absolute atomic E-state index is 0.297. The van der Waals surface area contributed by atoms with E-state index >= 15 is 0 Å². The van der Waals surface area contributed by atoms with Crippen molar-refractivity contribution in [3.05, 3.63) is 58.6 Å². The van der Waals surface area contributed by atoms with Crippen molar-refractivity contribution in [2.45, 2.75) is 44.4 Å². The van der Waals surface area contributed by atoms with E-state index in [2.05, 4.69) is 0 Å². The van der Waals surface area contributed by atoms with Gasteiger partial charge >= 0.3 is 0 Å². The minimum atomic E-state index is -0.771. The van der Waals surface area contributed by atoms with Crippen LogP contribution < -0.4 is 15.2 Å². The molecule has 140 valence electrons. The maximum absolute atomic E-state index is 10.7. The summed E-state index contributed by atoms with van der Waals surface area (Å²) in [6.45, 7) is 0.389. The number of hydrogen-bond acceptors (Lipinski definition) is 4. The quantitative estimate of drug-likeness (QED) is 0.748. The van der Waals surface area contributed by atoms with Crippen LogP contribution in [0.1, 0.15) is 42.9 Å². The van der Waals surface area contributed by atoms with E-state index in [1.54, 1.807) is 19.2 Å². The van der Waals surface area contributed by atoms with E-state index in [-0.39, 0.29) is 6.04 Å². The van der Waals surface area contributed by atoms with Crippen molar-refractivity contribution in [1.29, 1.82) is 0 Å². The highest BCUT2D eigenvalue weighted by molar-refractivity contribution is 6.32. The second kappa shape index (κ2) is 8.76. The Morgan fingerprint density at radius 1 is 1.19 bits per heavy atom. The summed E-state index contributed by atoms with van der Waals surface area (Å²) in [5.74, 6) is 1.33. The molecule has 1 saturated carbocycles. The van der Waals surface area contributed by atoms with Crippen LogP contribution in [-0.4, -0.2) is 18.3 Å². The summed E-state index contributed by atoms with van der Waals surface area (Å²) in [5.41, 5.74) is 8.01. The molecule has 1 aliphatic rings. The SMILES string of the molecule is COc1cc(C(O)C(N)C2CCCC2)cc(Cl)c1OCc1ccccc1. The molecule has 0 saturated heterocycles. The standard InChI is InChI=1S/C21H26ClNO3/c1-25-18-12-16(20(24)19(23)15-9-5-6-10-15)11-17(22)21(18)26-13-14-7-3-2-4-8-14/h2-4,7-8,11-12,15,19-20,24H,5-6,9-10,13,23H2,1H3. The summed E-state index contributed by atoms with van der Waals surface area (Å²) in [7, 11) is 1.56. The van der Waals surface area contributed by atoms with Gasteiger partial charge in [-0.2, -0.15) is 0 Å². The van der Waals surface area contributed by atoms with Crippen LogP contribution in [0.25, 0.3) is 0 Å². The van der Waals surface area contributed by atoms with Crippen molar-refractivity contribution >= 4 is 11.6 Å². The lowest BCUT2D eigenvalue weighted by Crippen LogP contribution is -2.35. The van der Waals surface area contributed by atoms with Crippen molar-refractivity contribution < 1.29 is 14.6 Å². The molecule has 3 N–H and O–H groups in total. The number of halogens is 1. The Labute approximate surface area is 159 Å². The van der Waals surface area contributed by atoms with Gasteiger partial charge in [-0.3, -0.25) is 0 Å². The molecular formula is C21H26ClNO3. The lowest BCUT2D eigenvalue weighted by atomic mass is 9.90. The molecule has 5 heteroatoms. The van der Waals surface area contributed by atoms with E-state index in [0.29, 0.717) is 34.6 Å². The van der Waals surface area contributed by atoms with Crippen LogP contribution in [0.4, 0.5) is 0 Å². The second-order valence-electron chi connectivity index (χ2n) is 6.88. The smallest absolute Gasteiger partial charge is 0.180 e. The normalized spacial score (nSPS) is 17.1. The van der Waals surface area contributed by atoms with Crippen LogP contribution >= 0.6 is 11.6 Å². The molecular weight excluding hydrogens is 350 g/mol. The Bertz CT molecular complexity index is 717. The average Bonchev–Trinajstić information content (AvgIpc) is 3.20. The van der Waals surface area contributed by atoms with Gasteiger partial charge in [0.05, 0.1) is 18.2 Å². The average molecular weight is 376 g/mol. The summed E-state index contributed by atoms with van der Waals surface area (Å²) in [6.07, 6.45) is 3.73. The molecule has 2 atom stereocenters. The molecule has 1 fully saturated rings. The van der Waals surface area contributed by atoms with Gasteiger partial charge in [-0.25, -0.2) is 0 Å². The lowest BCUT2D eigenvalue weighted by molar-refractivity contribution is 0.118. The van der Waals surface area contributed by atoms with Crippen molar-refractivity contribution in [2.24, 2.45) is 11.7 Å². The lowest BCUT2D eigenvalue weighted by Gasteiger charge is -2.25. The summed E-state index contributed by atoms with van der Waals surface area (Å²) in [6, 6.07) is 13.0. The van der Waals surface area contributed by atoms with Gasteiger partial charge in [0.1, 0.15) is 6.61 Å². The van der Waals surface area contributed by atoms with E-state index in [4.69, 9.17) is 26.8 Å². The predicted molar refractivity (Wildman–Crippen MR) is 104 cm³/mol. The van der Waals surface area contributed by atoms with Crippen LogP contribution in [0.2, 0.25) is 5.02 Å². The van der Waals surface area contributed by atoms with Crippen LogP contribution in [0.5, 0.6) is 11.5 Å². The van der Waals surface area contributed by atoms with Crippen molar-refractivity contribution in [3.63, 3.8) is 0 Å². The first-order valence-corrected chi connectivity index (χ1v) is 9.45. The minimum Gasteiger partial charge on any atom is -0.493 e. The Balaban J connectivity index is 1.77. The molecule has 2 aromatic rings.